The summed E-state index contributed by atoms with van der Waals surface area (Å²) in [6.45, 7) is 6.91. The second-order valence-corrected chi connectivity index (χ2v) is 5.82. The second kappa shape index (κ2) is 5.71. The molecule has 0 saturated heterocycles. The third-order valence-corrected chi connectivity index (χ3v) is 4.20. The van der Waals surface area contributed by atoms with E-state index in [1.807, 2.05) is 0 Å². The summed E-state index contributed by atoms with van der Waals surface area (Å²) in [6.07, 6.45) is 0.974. The van der Waals surface area contributed by atoms with Crippen molar-refractivity contribution in [3.05, 3.63) is 10.9 Å². The summed E-state index contributed by atoms with van der Waals surface area (Å²) in [7, 11) is 0. The van der Waals surface area contributed by atoms with Crippen LogP contribution in [-0.4, -0.2) is 34.3 Å². The molecule has 0 spiro atoms. The number of thiophene rings is 1. The average molecular weight is 280 g/mol. The van der Waals surface area contributed by atoms with Gasteiger partial charge in [-0.3, -0.25) is 0 Å². The van der Waals surface area contributed by atoms with Crippen molar-refractivity contribution in [1.29, 1.82) is 0 Å². The Kier molecular flexibility index (Phi) is 4.21. The lowest BCUT2D eigenvalue weighted by Crippen LogP contribution is -2.34. The fourth-order valence-corrected chi connectivity index (χ4v) is 3.05. The largest absolute Gasteiger partial charge is 0.395 e. The Labute approximate surface area is 117 Å². The van der Waals surface area contributed by atoms with Gasteiger partial charge in [0.1, 0.15) is 10.6 Å². The van der Waals surface area contributed by atoms with Gasteiger partial charge in [0.25, 0.3) is 0 Å². The van der Waals surface area contributed by atoms with E-state index < -0.39 is 0 Å². The molecule has 2 rings (SSSR count). The molecular formula is C13H20N4OS. The number of aliphatic hydroxyl groups excluding tert-OH is 1. The molecule has 2 aromatic rings. The summed E-state index contributed by atoms with van der Waals surface area (Å²) in [4.78, 5) is 12.9. The zero-order chi connectivity index (χ0) is 14.0. The minimum atomic E-state index is 0.0916. The average Bonchev–Trinajstić information content (AvgIpc) is 2.77. The molecule has 0 unspecified atom stereocenters. The molecular weight excluding hydrogens is 260 g/mol. The van der Waals surface area contributed by atoms with Gasteiger partial charge in [0, 0.05) is 17.5 Å². The third kappa shape index (κ3) is 2.79. The lowest BCUT2D eigenvalue weighted by Gasteiger charge is -2.27. The molecule has 0 saturated carbocycles. The number of nitrogen functional groups attached to an aromatic ring is 1. The van der Waals surface area contributed by atoms with Gasteiger partial charge in [-0.1, -0.05) is 6.92 Å². The van der Waals surface area contributed by atoms with E-state index in [-0.39, 0.29) is 18.6 Å². The molecule has 0 fully saturated rings. The highest BCUT2D eigenvalue weighted by Gasteiger charge is 2.18. The highest BCUT2D eigenvalue weighted by molar-refractivity contribution is 7.18. The van der Waals surface area contributed by atoms with Crippen molar-refractivity contribution in [1.82, 2.24) is 9.97 Å². The Balaban J connectivity index is 2.59. The number of aryl methyl sites for hydroxylation is 1. The highest BCUT2D eigenvalue weighted by Crippen LogP contribution is 2.32. The second-order valence-electron chi connectivity index (χ2n) is 4.70. The Morgan fingerprint density at radius 1 is 1.42 bits per heavy atom. The molecule has 5 nitrogen and oxygen atoms in total. The molecule has 0 bridgehead atoms. The molecule has 0 aromatic carbocycles. The number of nitrogens with zero attached hydrogens (tertiary/aromatic N) is 3. The number of aliphatic hydroxyl groups is 1. The standard InChI is InChI=1S/C13H20N4OS/c1-4-9-7-10-11(17(5-6-18)8(2)3)15-13(14)16-12(10)19-9/h7-8,18H,4-6H2,1-3H3,(H2,14,15,16). The van der Waals surface area contributed by atoms with Crippen LogP contribution >= 0.6 is 11.3 Å². The molecule has 2 heterocycles. The molecule has 6 heteroatoms. The monoisotopic (exact) mass is 280 g/mol. The first-order valence-electron chi connectivity index (χ1n) is 6.50. The van der Waals surface area contributed by atoms with Crippen molar-refractivity contribution >= 4 is 33.3 Å². The van der Waals surface area contributed by atoms with Crippen LogP contribution in [-0.2, 0) is 6.42 Å². The topological polar surface area (TPSA) is 75.3 Å². The summed E-state index contributed by atoms with van der Waals surface area (Å²) in [6, 6.07) is 2.37. The Bertz CT molecular complexity index is 567. The smallest absolute Gasteiger partial charge is 0.223 e. The Morgan fingerprint density at radius 3 is 2.74 bits per heavy atom. The molecule has 104 valence electrons. The van der Waals surface area contributed by atoms with E-state index in [0.29, 0.717) is 6.54 Å². The summed E-state index contributed by atoms with van der Waals surface area (Å²) < 4.78 is 0. The van der Waals surface area contributed by atoms with Gasteiger partial charge in [-0.25, -0.2) is 4.98 Å². The van der Waals surface area contributed by atoms with Gasteiger partial charge in [-0.2, -0.15) is 4.98 Å². The van der Waals surface area contributed by atoms with Crippen LogP contribution in [0.2, 0.25) is 0 Å². The number of rotatable bonds is 5. The van der Waals surface area contributed by atoms with Crippen molar-refractivity contribution in [3.8, 4) is 0 Å². The van der Waals surface area contributed by atoms with E-state index in [2.05, 4.69) is 41.7 Å². The van der Waals surface area contributed by atoms with E-state index in [1.165, 1.54) is 4.88 Å². The van der Waals surface area contributed by atoms with Crippen molar-refractivity contribution < 1.29 is 5.11 Å². The van der Waals surface area contributed by atoms with Crippen molar-refractivity contribution in [2.45, 2.75) is 33.2 Å². The maximum absolute atomic E-state index is 9.23. The Morgan fingerprint density at radius 2 is 2.16 bits per heavy atom. The summed E-state index contributed by atoms with van der Waals surface area (Å²) in [5, 5.41) is 10.3. The fraction of sp³-hybridized carbons (Fsp3) is 0.538. The summed E-state index contributed by atoms with van der Waals surface area (Å²) >= 11 is 1.65. The van der Waals surface area contributed by atoms with Crippen LogP contribution in [0.15, 0.2) is 6.07 Å². The lowest BCUT2D eigenvalue weighted by molar-refractivity contribution is 0.299. The molecule has 0 aliphatic heterocycles. The van der Waals surface area contributed by atoms with E-state index in [9.17, 15) is 5.11 Å². The van der Waals surface area contributed by atoms with Crippen LogP contribution in [0.3, 0.4) is 0 Å². The lowest BCUT2D eigenvalue weighted by atomic mass is 10.2. The van der Waals surface area contributed by atoms with E-state index in [0.717, 1.165) is 22.5 Å². The Hall–Kier alpha value is -1.40. The van der Waals surface area contributed by atoms with Crippen LogP contribution in [0.1, 0.15) is 25.6 Å². The van der Waals surface area contributed by atoms with Gasteiger partial charge in [-0.15, -0.1) is 11.3 Å². The minimum absolute atomic E-state index is 0.0916. The van der Waals surface area contributed by atoms with E-state index in [1.54, 1.807) is 11.3 Å². The van der Waals surface area contributed by atoms with Crippen molar-refractivity contribution in [2.75, 3.05) is 23.8 Å². The number of hydrogen-bond acceptors (Lipinski definition) is 6. The van der Waals surface area contributed by atoms with Crippen LogP contribution < -0.4 is 10.6 Å². The van der Waals surface area contributed by atoms with Gasteiger partial charge in [-0.05, 0) is 26.3 Å². The molecule has 0 atom stereocenters. The first kappa shape index (κ1) is 14.0. The summed E-state index contributed by atoms with van der Waals surface area (Å²) in [5.41, 5.74) is 5.80. The number of anilines is 2. The number of fused-ring (bicyclic) bond motifs is 1. The number of aromatic nitrogens is 2. The first-order valence-corrected chi connectivity index (χ1v) is 7.31. The molecule has 0 aliphatic carbocycles. The van der Waals surface area contributed by atoms with E-state index >= 15 is 0 Å². The van der Waals surface area contributed by atoms with Crippen molar-refractivity contribution in [3.63, 3.8) is 0 Å². The number of hydrogen-bond donors (Lipinski definition) is 2. The van der Waals surface area contributed by atoms with Crippen molar-refractivity contribution in [2.24, 2.45) is 0 Å². The van der Waals surface area contributed by atoms with Crippen LogP contribution in [0.5, 0.6) is 0 Å². The van der Waals surface area contributed by atoms with E-state index in [4.69, 9.17) is 5.73 Å². The molecule has 0 amide bonds. The highest BCUT2D eigenvalue weighted by atomic mass is 32.1. The van der Waals surface area contributed by atoms with Gasteiger partial charge in [0.15, 0.2) is 0 Å². The summed E-state index contributed by atoms with van der Waals surface area (Å²) in [5.74, 6) is 1.11. The third-order valence-electron chi connectivity index (χ3n) is 3.03. The molecule has 0 aliphatic rings. The van der Waals surface area contributed by atoms with Crippen LogP contribution in [0.4, 0.5) is 11.8 Å². The van der Waals surface area contributed by atoms with Gasteiger partial charge >= 0.3 is 0 Å². The van der Waals surface area contributed by atoms with Gasteiger partial charge in [0.05, 0.1) is 12.0 Å². The predicted molar refractivity (Wildman–Crippen MR) is 80.8 cm³/mol. The minimum Gasteiger partial charge on any atom is -0.395 e. The first-order chi connectivity index (χ1) is 9.06. The molecule has 3 N–H and O–H groups in total. The zero-order valence-corrected chi connectivity index (χ0v) is 12.4. The quantitative estimate of drug-likeness (QED) is 0.876. The predicted octanol–water partition coefficient (Wildman–Crippen LogP) is 2.04. The zero-order valence-electron chi connectivity index (χ0n) is 11.6. The maximum Gasteiger partial charge on any atom is 0.223 e. The molecule has 2 aromatic heterocycles. The van der Waals surface area contributed by atoms with Crippen LogP contribution in [0, 0.1) is 0 Å². The fourth-order valence-electron chi connectivity index (χ4n) is 2.08. The van der Waals surface area contributed by atoms with Gasteiger partial charge in [0.2, 0.25) is 5.95 Å². The van der Waals surface area contributed by atoms with Crippen LogP contribution in [0.25, 0.3) is 10.2 Å². The molecule has 0 radical (unpaired) electrons. The normalized spacial score (nSPS) is 11.4. The molecule has 19 heavy (non-hydrogen) atoms. The SMILES string of the molecule is CCc1cc2c(N(CCO)C(C)C)nc(N)nc2s1. The van der Waals surface area contributed by atoms with Gasteiger partial charge < -0.3 is 15.7 Å². The maximum atomic E-state index is 9.23. The number of nitrogens with two attached hydrogens (primary N) is 1.